The maximum absolute atomic E-state index is 13.4. The van der Waals surface area contributed by atoms with E-state index in [4.69, 9.17) is 4.42 Å². The summed E-state index contributed by atoms with van der Waals surface area (Å²) in [7, 11) is 0. The summed E-state index contributed by atoms with van der Waals surface area (Å²) in [5.74, 6) is -0.626. The monoisotopic (exact) mass is 430 g/mol. The zero-order chi connectivity index (χ0) is 21.3. The van der Waals surface area contributed by atoms with Gasteiger partial charge in [0.25, 0.3) is 0 Å². The number of nitrogens with one attached hydrogen (secondary N) is 1. The van der Waals surface area contributed by atoms with Gasteiger partial charge in [0.15, 0.2) is 11.0 Å². The third kappa shape index (κ3) is 3.97. The van der Waals surface area contributed by atoms with E-state index in [9.17, 15) is 22.8 Å². The lowest BCUT2D eigenvalue weighted by molar-refractivity contribution is -0.137. The largest absolute Gasteiger partial charge is 0.454 e. The summed E-state index contributed by atoms with van der Waals surface area (Å²) in [5.41, 5.74) is 0.687. The van der Waals surface area contributed by atoms with Crippen molar-refractivity contribution < 1.29 is 22.4 Å². The number of nitrogens with zero attached hydrogens (tertiary/aromatic N) is 1. The van der Waals surface area contributed by atoms with Crippen molar-refractivity contribution in [1.82, 2.24) is 4.98 Å². The van der Waals surface area contributed by atoms with E-state index in [0.29, 0.717) is 5.69 Å². The van der Waals surface area contributed by atoms with Crippen molar-refractivity contribution in [1.29, 1.82) is 0 Å². The smallest absolute Gasteiger partial charge is 0.417 e. The normalized spacial score (nSPS) is 11.6. The fourth-order valence-electron chi connectivity index (χ4n) is 3.04. The number of halogens is 3. The van der Waals surface area contributed by atoms with Crippen molar-refractivity contribution in [2.45, 2.75) is 12.6 Å². The van der Waals surface area contributed by atoms with Crippen molar-refractivity contribution >= 4 is 33.9 Å². The van der Waals surface area contributed by atoms with Crippen molar-refractivity contribution in [2.24, 2.45) is 0 Å². The van der Waals surface area contributed by atoms with Gasteiger partial charge >= 0.3 is 6.18 Å². The fraction of sp³-hybridized carbons (Fsp3) is 0.0952. The van der Waals surface area contributed by atoms with Gasteiger partial charge in [-0.05, 0) is 18.2 Å². The van der Waals surface area contributed by atoms with Crippen LogP contribution in [0.4, 0.5) is 18.9 Å². The van der Waals surface area contributed by atoms with E-state index in [0.717, 1.165) is 12.1 Å². The Bertz CT molecular complexity index is 1280. The Morgan fingerprint density at radius 3 is 2.67 bits per heavy atom. The van der Waals surface area contributed by atoms with Crippen LogP contribution < -0.4 is 10.7 Å². The van der Waals surface area contributed by atoms with Crippen LogP contribution in [0.5, 0.6) is 0 Å². The number of carbonyl (C=O) groups excluding carboxylic acids is 1. The first kappa shape index (κ1) is 19.8. The third-order valence-electron chi connectivity index (χ3n) is 4.35. The van der Waals surface area contributed by atoms with Crippen LogP contribution in [0, 0.1) is 0 Å². The minimum atomic E-state index is -4.62. The Hall–Kier alpha value is -3.46. The van der Waals surface area contributed by atoms with Gasteiger partial charge in [-0.15, -0.1) is 11.3 Å². The highest BCUT2D eigenvalue weighted by molar-refractivity contribution is 7.07. The molecule has 1 N–H and O–H groups in total. The van der Waals surface area contributed by atoms with Gasteiger partial charge < -0.3 is 9.73 Å². The highest BCUT2D eigenvalue weighted by Crippen LogP contribution is 2.37. The average molecular weight is 430 g/mol. The van der Waals surface area contributed by atoms with Crippen molar-refractivity contribution in [2.75, 3.05) is 5.32 Å². The number of benzene rings is 2. The number of carbonyl (C=O) groups is 1. The van der Waals surface area contributed by atoms with E-state index in [1.165, 1.54) is 41.7 Å². The molecule has 0 unspecified atom stereocenters. The van der Waals surface area contributed by atoms with Crippen LogP contribution in [-0.2, 0) is 17.4 Å². The number of alkyl halides is 3. The lowest BCUT2D eigenvalue weighted by Crippen LogP contribution is -2.15. The lowest BCUT2D eigenvalue weighted by Gasteiger charge is -2.13. The van der Waals surface area contributed by atoms with Crippen LogP contribution in [0.15, 0.2) is 68.6 Å². The number of hydrogen-bond acceptors (Lipinski definition) is 5. The van der Waals surface area contributed by atoms with Crippen LogP contribution in [0.3, 0.4) is 0 Å². The van der Waals surface area contributed by atoms with Crippen molar-refractivity contribution in [3.63, 3.8) is 0 Å². The number of aromatic nitrogens is 1. The zero-order valence-corrected chi connectivity index (χ0v) is 16.0. The van der Waals surface area contributed by atoms with Gasteiger partial charge in [-0.2, -0.15) is 13.2 Å². The molecule has 4 aromatic rings. The molecule has 0 saturated heterocycles. The fourth-order valence-corrected chi connectivity index (χ4v) is 3.60. The second kappa shape index (κ2) is 7.75. The molecule has 0 saturated carbocycles. The van der Waals surface area contributed by atoms with E-state index < -0.39 is 23.1 Å². The van der Waals surface area contributed by atoms with E-state index in [1.54, 1.807) is 17.0 Å². The van der Waals surface area contributed by atoms with Gasteiger partial charge in [0.1, 0.15) is 5.76 Å². The number of thiazole rings is 1. The highest BCUT2D eigenvalue weighted by Gasteiger charge is 2.34. The molecule has 0 bridgehead atoms. The molecule has 0 spiro atoms. The van der Waals surface area contributed by atoms with Crippen molar-refractivity contribution in [3.8, 4) is 11.3 Å². The number of hydrogen-bond donors (Lipinski definition) is 1. The molecule has 152 valence electrons. The zero-order valence-electron chi connectivity index (χ0n) is 15.2. The van der Waals surface area contributed by atoms with Gasteiger partial charge in [-0.3, -0.25) is 9.59 Å². The first-order valence-electron chi connectivity index (χ1n) is 8.73. The minimum absolute atomic E-state index is 0.00334. The molecule has 0 atom stereocenters. The molecule has 0 radical (unpaired) electrons. The molecule has 0 fully saturated rings. The average Bonchev–Trinajstić information content (AvgIpc) is 3.20. The van der Waals surface area contributed by atoms with Gasteiger partial charge in [0.05, 0.1) is 34.3 Å². The van der Waals surface area contributed by atoms with Crippen LogP contribution >= 0.6 is 11.3 Å². The molecule has 9 heteroatoms. The minimum Gasteiger partial charge on any atom is -0.454 e. The number of rotatable bonds is 4. The first-order chi connectivity index (χ1) is 14.3. The second-order valence-corrected chi connectivity index (χ2v) is 7.12. The standard InChI is InChI=1S/C21H13F3N2O3S/c22-21(23,24)15-6-2-1-4-13(15)18-9-17(27)14-5-3-7-16(20(14)29-18)26-19(28)8-12-10-30-11-25-12/h1-7,9-11H,8H2,(H,26,28). The molecule has 0 aliphatic carbocycles. The van der Waals surface area contributed by atoms with E-state index >= 15 is 0 Å². The quantitative estimate of drug-likeness (QED) is 0.488. The Kier molecular flexibility index (Phi) is 5.13. The molecule has 0 aliphatic rings. The molecular formula is C21H13F3N2O3S. The summed E-state index contributed by atoms with van der Waals surface area (Å²) in [6.45, 7) is 0. The summed E-state index contributed by atoms with van der Waals surface area (Å²) in [6.07, 6.45) is -4.61. The van der Waals surface area contributed by atoms with Gasteiger partial charge in [0, 0.05) is 17.0 Å². The predicted molar refractivity (Wildman–Crippen MR) is 107 cm³/mol. The van der Waals surface area contributed by atoms with Crippen LogP contribution in [-0.4, -0.2) is 10.9 Å². The molecule has 0 aliphatic heterocycles. The first-order valence-corrected chi connectivity index (χ1v) is 9.67. The van der Waals surface area contributed by atoms with E-state index in [1.807, 2.05) is 0 Å². The number of fused-ring (bicyclic) bond motifs is 1. The topological polar surface area (TPSA) is 72.2 Å². The second-order valence-electron chi connectivity index (χ2n) is 6.41. The SMILES string of the molecule is O=C(Cc1cscn1)Nc1cccc2c(=O)cc(-c3ccccc3C(F)(F)F)oc12. The molecule has 2 heterocycles. The van der Waals surface area contributed by atoms with Gasteiger partial charge in [0.2, 0.25) is 5.91 Å². The molecule has 2 aromatic heterocycles. The van der Waals surface area contributed by atoms with Crippen molar-refractivity contribution in [3.05, 3.63) is 80.9 Å². The number of anilines is 1. The summed E-state index contributed by atoms with van der Waals surface area (Å²) >= 11 is 1.35. The summed E-state index contributed by atoms with van der Waals surface area (Å²) in [6, 6.07) is 10.4. The summed E-state index contributed by atoms with van der Waals surface area (Å²) < 4.78 is 45.9. The van der Waals surface area contributed by atoms with E-state index in [-0.39, 0.29) is 34.4 Å². The predicted octanol–water partition coefficient (Wildman–Crippen LogP) is 5.12. The molecular weight excluding hydrogens is 417 g/mol. The number of para-hydroxylation sites is 1. The molecule has 1 amide bonds. The lowest BCUT2D eigenvalue weighted by atomic mass is 10.0. The highest BCUT2D eigenvalue weighted by atomic mass is 32.1. The van der Waals surface area contributed by atoms with Crippen LogP contribution in [0.2, 0.25) is 0 Å². The molecule has 2 aromatic carbocycles. The third-order valence-corrected chi connectivity index (χ3v) is 4.99. The van der Waals surface area contributed by atoms with Gasteiger partial charge in [-0.1, -0.05) is 24.3 Å². The molecule has 5 nitrogen and oxygen atoms in total. The maximum atomic E-state index is 13.4. The van der Waals surface area contributed by atoms with Crippen LogP contribution in [0.25, 0.3) is 22.3 Å². The number of amides is 1. The Labute approximate surface area is 171 Å². The van der Waals surface area contributed by atoms with E-state index in [2.05, 4.69) is 10.3 Å². The molecule has 30 heavy (non-hydrogen) atoms. The van der Waals surface area contributed by atoms with Gasteiger partial charge in [-0.25, -0.2) is 4.98 Å². The maximum Gasteiger partial charge on any atom is 0.417 e. The van der Waals surface area contributed by atoms with Crippen LogP contribution in [0.1, 0.15) is 11.3 Å². The molecule has 4 rings (SSSR count). The Morgan fingerprint density at radius 1 is 1.13 bits per heavy atom. The Morgan fingerprint density at radius 2 is 1.93 bits per heavy atom. The summed E-state index contributed by atoms with van der Waals surface area (Å²) in [5, 5.41) is 4.52. The summed E-state index contributed by atoms with van der Waals surface area (Å²) in [4.78, 5) is 28.9. The Balaban J connectivity index is 1.79.